The molecule has 0 aromatic heterocycles. The van der Waals surface area contributed by atoms with Gasteiger partial charge in [0.2, 0.25) is 15.9 Å². The zero-order valence-electron chi connectivity index (χ0n) is 15.6. The molecule has 26 heavy (non-hydrogen) atoms. The van der Waals surface area contributed by atoms with Gasteiger partial charge in [-0.25, -0.2) is 12.7 Å². The average Bonchev–Trinajstić information content (AvgIpc) is 2.65. The highest BCUT2D eigenvalue weighted by Crippen LogP contribution is 2.24. The summed E-state index contributed by atoms with van der Waals surface area (Å²) in [6, 6.07) is 7.46. The smallest absolute Gasteiger partial charge is 0.223 e. The van der Waals surface area contributed by atoms with Crippen LogP contribution in [0.3, 0.4) is 0 Å². The number of hydrogen-bond acceptors (Lipinski definition) is 3. The molecule has 5 nitrogen and oxygen atoms in total. The lowest BCUT2D eigenvalue weighted by atomic mass is 9.96. The first-order valence-corrected chi connectivity index (χ1v) is 11.4. The number of piperidine rings is 1. The van der Waals surface area contributed by atoms with E-state index in [1.807, 2.05) is 38.1 Å². The number of halogens is 1. The van der Waals surface area contributed by atoms with E-state index in [-0.39, 0.29) is 23.6 Å². The van der Waals surface area contributed by atoms with Gasteiger partial charge in [-0.05, 0) is 43.4 Å². The highest BCUT2D eigenvalue weighted by Gasteiger charge is 2.31. The molecule has 1 heterocycles. The van der Waals surface area contributed by atoms with E-state index in [2.05, 4.69) is 5.32 Å². The van der Waals surface area contributed by atoms with Crippen LogP contribution in [-0.4, -0.2) is 37.5 Å². The van der Waals surface area contributed by atoms with E-state index >= 15 is 0 Å². The van der Waals surface area contributed by atoms with Crippen molar-refractivity contribution in [1.82, 2.24) is 9.62 Å². The van der Waals surface area contributed by atoms with Crippen molar-refractivity contribution < 1.29 is 13.2 Å². The Bertz CT molecular complexity index is 683. The second-order valence-electron chi connectivity index (χ2n) is 6.86. The van der Waals surface area contributed by atoms with Crippen molar-refractivity contribution in [3.8, 4) is 0 Å². The average molecular weight is 401 g/mol. The minimum absolute atomic E-state index is 0.0115. The van der Waals surface area contributed by atoms with Gasteiger partial charge < -0.3 is 5.32 Å². The molecule has 7 heteroatoms. The summed E-state index contributed by atoms with van der Waals surface area (Å²) in [7, 11) is -3.18. The number of rotatable bonds is 8. The Morgan fingerprint density at radius 3 is 2.38 bits per heavy atom. The van der Waals surface area contributed by atoms with Crippen LogP contribution in [0.4, 0.5) is 0 Å². The first-order chi connectivity index (χ1) is 12.4. The van der Waals surface area contributed by atoms with Gasteiger partial charge in [0.05, 0.1) is 11.8 Å². The van der Waals surface area contributed by atoms with E-state index < -0.39 is 10.0 Å². The first-order valence-electron chi connectivity index (χ1n) is 9.41. The Hall–Kier alpha value is -1.11. The number of unbranched alkanes of at least 4 members (excludes halogenated alkanes) is 1. The molecule has 146 valence electrons. The topological polar surface area (TPSA) is 66.5 Å². The minimum Gasteiger partial charge on any atom is -0.349 e. The zero-order valence-corrected chi connectivity index (χ0v) is 17.2. The summed E-state index contributed by atoms with van der Waals surface area (Å²) >= 11 is 5.93. The molecule has 2 rings (SSSR count). The molecule has 1 aliphatic rings. The maximum absolute atomic E-state index is 12.6. The lowest BCUT2D eigenvalue weighted by Gasteiger charge is -2.31. The van der Waals surface area contributed by atoms with Gasteiger partial charge in [-0.15, -0.1) is 0 Å². The van der Waals surface area contributed by atoms with E-state index in [1.165, 1.54) is 0 Å². The number of carbonyl (C=O) groups excluding carboxylic acids is 1. The largest absolute Gasteiger partial charge is 0.349 e. The predicted molar refractivity (Wildman–Crippen MR) is 106 cm³/mol. The van der Waals surface area contributed by atoms with Gasteiger partial charge in [-0.2, -0.15) is 0 Å². The number of benzene rings is 1. The number of sulfonamides is 1. The number of nitrogens with one attached hydrogen (secondary N) is 1. The molecule has 1 fully saturated rings. The maximum atomic E-state index is 12.6. The Labute approximate surface area is 162 Å². The highest BCUT2D eigenvalue weighted by molar-refractivity contribution is 7.89. The number of hydrogen-bond donors (Lipinski definition) is 1. The first kappa shape index (κ1) is 21.2. The third-order valence-corrected chi connectivity index (χ3v) is 7.18. The van der Waals surface area contributed by atoms with Gasteiger partial charge in [0.15, 0.2) is 0 Å². The van der Waals surface area contributed by atoms with E-state index in [4.69, 9.17) is 11.6 Å². The van der Waals surface area contributed by atoms with Gasteiger partial charge in [-0.3, -0.25) is 4.79 Å². The van der Waals surface area contributed by atoms with Crippen molar-refractivity contribution >= 4 is 27.5 Å². The van der Waals surface area contributed by atoms with Crippen LogP contribution in [0.1, 0.15) is 57.6 Å². The molecule has 1 saturated heterocycles. The van der Waals surface area contributed by atoms with Crippen molar-refractivity contribution in [1.29, 1.82) is 0 Å². The molecular formula is C19H29ClN2O3S. The van der Waals surface area contributed by atoms with Crippen molar-refractivity contribution in [3.05, 3.63) is 34.9 Å². The standard InChI is InChI=1S/C19H29ClN2O3S/c1-3-5-14-26(24,25)22-12-10-16(11-13-22)19(23)21-18(4-2)15-6-8-17(20)9-7-15/h6-9,16,18H,3-5,10-14H2,1-2H3,(H,21,23). The fraction of sp³-hybridized carbons (Fsp3) is 0.632. The molecule has 1 aromatic carbocycles. The summed E-state index contributed by atoms with van der Waals surface area (Å²) in [6.45, 7) is 4.88. The summed E-state index contributed by atoms with van der Waals surface area (Å²) in [6.07, 6.45) is 3.49. The van der Waals surface area contributed by atoms with Crippen LogP contribution in [0, 0.1) is 5.92 Å². The lowest BCUT2D eigenvalue weighted by Crippen LogP contribution is -2.44. The van der Waals surface area contributed by atoms with Crippen molar-refractivity contribution in [2.75, 3.05) is 18.8 Å². The van der Waals surface area contributed by atoms with Crippen LogP contribution in [0.5, 0.6) is 0 Å². The molecule has 0 saturated carbocycles. The van der Waals surface area contributed by atoms with Crippen LogP contribution >= 0.6 is 11.6 Å². The minimum atomic E-state index is -3.18. The fourth-order valence-corrected chi connectivity index (χ4v) is 5.06. The van der Waals surface area contributed by atoms with E-state index in [0.717, 1.165) is 18.4 Å². The van der Waals surface area contributed by atoms with Crippen LogP contribution in [0.15, 0.2) is 24.3 Å². The molecule has 1 unspecified atom stereocenters. The number of amides is 1. The number of nitrogens with zero attached hydrogens (tertiary/aromatic N) is 1. The predicted octanol–water partition coefficient (Wildman–Crippen LogP) is 3.75. The van der Waals surface area contributed by atoms with Gasteiger partial charge in [0, 0.05) is 24.0 Å². The molecule has 1 aromatic rings. The molecule has 0 aliphatic carbocycles. The van der Waals surface area contributed by atoms with Crippen LogP contribution in [0.25, 0.3) is 0 Å². The SMILES string of the molecule is CCCCS(=O)(=O)N1CCC(C(=O)NC(CC)c2ccc(Cl)cc2)CC1. The molecule has 1 amide bonds. The maximum Gasteiger partial charge on any atom is 0.223 e. The zero-order chi connectivity index (χ0) is 19.2. The third-order valence-electron chi connectivity index (χ3n) is 4.97. The summed E-state index contributed by atoms with van der Waals surface area (Å²) in [5, 5.41) is 3.78. The van der Waals surface area contributed by atoms with E-state index in [9.17, 15) is 13.2 Å². The molecule has 0 radical (unpaired) electrons. The quantitative estimate of drug-likeness (QED) is 0.722. The summed E-state index contributed by atoms with van der Waals surface area (Å²) < 4.78 is 26.1. The normalized spacial score (nSPS) is 17.8. The molecule has 0 bridgehead atoms. The van der Waals surface area contributed by atoms with Crippen LogP contribution in [-0.2, 0) is 14.8 Å². The van der Waals surface area contributed by atoms with E-state index in [0.29, 0.717) is 37.4 Å². The van der Waals surface area contributed by atoms with Crippen molar-refractivity contribution in [2.45, 2.75) is 52.0 Å². The molecular weight excluding hydrogens is 372 g/mol. The molecule has 1 atom stereocenters. The monoisotopic (exact) mass is 400 g/mol. The molecule has 1 N–H and O–H groups in total. The molecule has 0 spiro atoms. The van der Waals surface area contributed by atoms with Gasteiger partial charge in [-0.1, -0.05) is 44.0 Å². The summed E-state index contributed by atoms with van der Waals surface area (Å²) in [5.74, 6) is 0.0841. The highest BCUT2D eigenvalue weighted by atomic mass is 35.5. The van der Waals surface area contributed by atoms with Crippen molar-refractivity contribution in [2.24, 2.45) is 5.92 Å². The second kappa shape index (κ2) is 9.72. The van der Waals surface area contributed by atoms with Gasteiger partial charge in [0.25, 0.3) is 0 Å². The van der Waals surface area contributed by atoms with Crippen LogP contribution in [0.2, 0.25) is 5.02 Å². The Morgan fingerprint density at radius 2 is 1.85 bits per heavy atom. The van der Waals surface area contributed by atoms with Crippen LogP contribution < -0.4 is 5.32 Å². The fourth-order valence-electron chi connectivity index (χ4n) is 3.26. The second-order valence-corrected chi connectivity index (χ2v) is 9.39. The summed E-state index contributed by atoms with van der Waals surface area (Å²) in [5.41, 5.74) is 1.03. The molecule has 1 aliphatic heterocycles. The Morgan fingerprint density at radius 1 is 1.23 bits per heavy atom. The van der Waals surface area contributed by atoms with Gasteiger partial charge >= 0.3 is 0 Å². The lowest BCUT2D eigenvalue weighted by molar-refractivity contribution is -0.126. The Kier molecular flexibility index (Phi) is 7.92. The van der Waals surface area contributed by atoms with Crippen molar-refractivity contribution in [3.63, 3.8) is 0 Å². The summed E-state index contributed by atoms with van der Waals surface area (Å²) in [4.78, 5) is 12.6. The Balaban J connectivity index is 1.90. The number of carbonyl (C=O) groups is 1. The van der Waals surface area contributed by atoms with E-state index in [1.54, 1.807) is 4.31 Å². The van der Waals surface area contributed by atoms with Gasteiger partial charge in [0.1, 0.15) is 0 Å². The third kappa shape index (κ3) is 5.69.